The van der Waals surface area contributed by atoms with Crippen molar-refractivity contribution in [1.82, 2.24) is 20.1 Å². The summed E-state index contributed by atoms with van der Waals surface area (Å²) < 4.78 is 12.0. The van der Waals surface area contributed by atoms with E-state index in [1.54, 1.807) is 25.1 Å². The Kier molecular flexibility index (Phi) is 6.23. The first kappa shape index (κ1) is 16.3. The summed E-state index contributed by atoms with van der Waals surface area (Å²) in [7, 11) is 3.20. The number of aromatic nitrogens is 3. The minimum Gasteiger partial charge on any atom is -0.495 e. The van der Waals surface area contributed by atoms with E-state index >= 15 is 0 Å². The second kappa shape index (κ2) is 8.40. The SMILES string of the molecule is COCCNC(=O)CSc1nncn1-c1ccccc1OC. The van der Waals surface area contributed by atoms with Gasteiger partial charge in [0.25, 0.3) is 0 Å². The molecule has 0 aliphatic rings. The Morgan fingerprint density at radius 1 is 1.36 bits per heavy atom. The van der Waals surface area contributed by atoms with Crippen LogP contribution in [0.3, 0.4) is 0 Å². The maximum absolute atomic E-state index is 11.7. The number of nitrogens with zero attached hydrogens (tertiary/aromatic N) is 3. The lowest BCUT2D eigenvalue weighted by Crippen LogP contribution is -2.28. The summed E-state index contributed by atoms with van der Waals surface area (Å²) in [5.41, 5.74) is 0.831. The number of para-hydroxylation sites is 2. The molecule has 7 nitrogen and oxygen atoms in total. The van der Waals surface area contributed by atoms with Crippen LogP contribution in [0, 0.1) is 0 Å². The quantitative estimate of drug-likeness (QED) is 0.580. The summed E-state index contributed by atoms with van der Waals surface area (Å²) in [6, 6.07) is 7.57. The van der Waals surface area contributed by atoms with Crippen LogP contribution < -0.4 is 10.1 Å². The Bertz CT molecular complexity index is 618. The fraction of sp³-hybridized carbons (Fsp3) is 0.357. The van der Waals surface area contributed by atoms with Crippen LogP contribution in [0.25, 0.3) is 5.69 Å². The van der Waals surface area contributed by atoms with Gasteiger partial charge in [0.2, 0.25) is 5.91 Å². The number of nitrogens with one attached hydrogen (secondary N) is 1. The smallest absolute Gasteiger partial charge is 0.230 e. The molecule has 2 aromatic rings. The standard InChI is InChI=1S/C14H18N4O3S/c1-20-8-7-15-13(19)9-22-14-17-16-10-18(14)11-5-3-4-6-12(11)21-2/h3-6,10H,7-9H2,1-2H3,(H,15,19). The number of benzene rings is 1. The van der Waals surface area contributed by atoms with Crippen LogP contribution in [0.15, 0.2) is 35.7 Å². The highest BCUT2D eigenvalue weighted by atomic mass is 32.2. The van der Waals surface area contributed by atoms with Gasteiger partial charge in [0, 0.05) is 13.7 Å². The van der Waals surface area contributed by atoms with Crippen LogP contribution in [0.4, 0.5) is 0 Å². The molecule has 1 aromatic heterocycles. The normalized spacial score (nSPS) is 10.5. The van der Waals surface area contributed by atoms with E-state index in [0.717, 1.165) is 5.69 Å². The van der Waals surface area contributed by atoms with Gasteiger partial charge in [-0.2, -0.15) is 0 Å². The van der Waals surface area contributed by atoms with Crippen molar-refractivity contribution >= 4 is 17.7 Å². The molecular formula is C14H18N4O3S. The zero-order chi connectivity index (χ0) is 15.8. The average molecular weight is 322 g/mol. The van der Waals surface area contributed by atoms with Crippen molar-refractivity contribution in [3.05, 3.63) is 30.6 Å². The van der Waals surface area contributed by atoms with E-state index in [4.69, 9.17) is 9.47 Å². The van der Waals surface area contributed by atoms with Crippen LogP contribution >= 0.6 is 11.8 Å². The van der Waals surface area contributed by atoms with Crippen molar-refractivity contribution in [3.8, 4) is 11.4 Å². The number of hydrogen-bond donors (Lipinski definition) is 1. The first-order valence-corrected chi connectivity index (χ1v) is 7.66. The van der Waals surface area contributed by atoms with E-state index in [0.29, 0.717) is 24.1 Å². The lowest BCUT2D eigenvalue weighted by Gasteiger charge is -2.10. The zero-order valence-electron chi connectivity index (χ0n) is 12.5. The minimum atomic E-state index is -0.0726. The number of rotatable bonds is 8. The number of thioether (sulfide) groups is 1. The highest BCUT2D eigenvalue weighted by Gasteiger charge is 2.12. The Balaban J connectivity index is 2.02. The Morgan fingerprint density at radius 2 is 2.18 bits per heavy atom. The summed E-state index contributed by atoms with van der Waals surface area (Å²) in [5.74, 6) is 0.905. The topological polar surface area (TPSA) is 78.3 Å². The van der Waals surface area contributed by atoms with E-state index in [9.17, 15) is 4.79 Å². The fourth-order valence-electron chi connectivity index (χ4n) is 1.79. The highest BCUT2D eigenvalue weighted by molar-refractivity contribution is 7.99. The molecule has 0 atom stereocenters. The lowest BCUT2D eigenvalue weighted by atomic mass is 10.3. The molecule has 1 amide bonds. The zero-order valence-corrected chi connectivity index (χ0v) is 13.3. The maximum Gasteiger partial charge on any atom is 0.230 e. The molecule has 0 bridgehead atoms. The Morgan fingerprint density at radius 3 is 2.95 bits per heavy atom. The van der Waals surface area contributed by atoms with Crippen molar-refractivity contribution in [3.63, 3.8) is 0 Å². The van der Waals surface area contributed by atoms with Crippen molar-refractivity contribution < 1.29 is 14.3 Å². The molecule has 8 heteroatoms. The molecule has 0 unspecified atom stereocenters. The van der Waals surface area contributed by atoms with Gasteiger partial charge in [-0.05, 0) is 12.1 Å². The third-order valence-corrected chi connectivity index (χ3v) is 3.76. The number of hydrogen-bond acceptors (Lipinski definition) is 6. The monoisotopic (exact) mass is 322 g/mol. The van der Waals surface area contributed by atoms with Gasteiger partial charge in [-0.1, -0.05) is 23.9 Å². The first-order valence-electron chi connectivity index (χ1n) is 6.68. The summed E-state index contributed by atoms with van der Waals surface area (Å²) >= 11 is 1.31. The van der Waals surface area contributed by atoms with Crippen molar-refractivity contribution in [2.24, 2.45) is 0 Å². The molecule has 0 aliphatic heterocycles. The van der Waals surface area contributed by atoms with Gasteiger partial charge in [-0.15, -0.1) is 10.2 Å². The molecule has 1 aromatic carbocycles. The minimum absolute atomic E-state index is 0.0726. The molecule has 1 N–H and O–H groups in total. The van der Waals surface area contributed by atoms with Crippen molar-refractivity contribution in [2.45, 2.75) is 5.16 Å². The molecular weight excluding hydrogens is 304 g/mol. The van der Waals surface area contributed by atoms with Gasteiger partial charge in [-0.25, -0.2) is 0 Å². The third-order valence-electron chi connectivity index (χ3n) is 2.82. The van der Waals surface area contributed by atoms with Crippen LogP contribution in [0.1, 0.15) is 0 Å². The van der Waals surface area contributed by atoms with Crippen LogP contribution in [0.5, 0.6) is 5.75 Å². The second-order valence-corrected chi connectivity index (χ2v) is 5.23. The molecule has 118 valence electrons. The van der Waals surface area contributed by atoms with Gasteiger partial charge in [0.05, 0.1) is 25.2 Å². The molecule has 0 aliphatic carbocycles. The van der Waals surface area contributed by atoms with E-state index < -0.39 is 0 Å². The van der Waals surface area contributed by atoms with Crippen LogP contribution in [-0.4, -0.2) is 53.8 Å². The molecule has 0 fully saturated rings. The van der Waals surface area contributed by atoms with Gasteiger partial charge < -0.3 is 14.8 Å². The molecule has 22 heavy (non-hydrogen) atoms. The molecule has 0 spiro atoms. The number of carbonyl (C=O) groups is 1. The summed E-state index contributed by atoms with van der Waals surface area (Å²) in [6.45, 7) is 0.989. The summed E-state index contributed by atoms with van der Waals surface area (Å²) in [6.07, 6.45) is 1.60. The predicted molar refractivity (Wildman–Crippen MR) is 83.5 cm³/mol. The van der Waals surface area contributed by atoms with Crippen molar-refractivity contribution in [2.75, 3.05) is 33.1 Å². The van der Waals surface area contributed by atoms with Gasteiger partial charge >= 0.3 is 0 Å². The molecule has 2 rings (SSSR count). The average Bonchev–Trinajstić information content (AvgIpc) is 3.01. The number of ether oxygens (including phenoxy) is 2. The van der Waals surface area contributed by atoms with E-state index in [1.165, 1.54) is 11.8 Å². The largest absolute Gasteiger partial charge is 0.495 e. The fourth-order valence-corrected chi connectivity index (χ4v) is 2.54. The number of carbonyl (C=O) groups excluding carboxylic acids is 1. The predicted octanol–water partition coefficient (Wildman–Crippen LogP) is 1.13. The van der Waals surface area contributed by atoms with Gasteiger partial charge in [0.1, 0.15) is 12.1 Å². The number of amides is 1. The Hall–Kier alpha value is -2.06. The summed E-state index contributed by atoms with van der Waals surface area (Å²) in [5, 5.41) is 11.4. The molecule has 0 saturated carbocycles. The molecule has 0 radical (unpaired) electrons. The third kappa shape index (κ3) is 4.22. The number of methoxy groups -OCH3 is 2. The molecule has 1 heterocycles. The first-order chi connectivity index (χ1) is 10.8. The lowest BCUT2D eigenvalue weighted by molar-refractivity contribution is -0.118. The summed E-state index contributed by atoms with van der Waals surface area (Å²) in [4.78, 5) is 11.7. The van der Waals surface area contributed by atoms with E-state index in [-0.39, 0.29) is 11.7 Å². The second-order valence-electron chi connectivity index (χ2n) is 4.29. The Labute approximate surface area is 133 Å². The van der Waals surface area contributed by atoms with Gasteiger partial charge in [0.15, 0.2) is 5.16 Å². The van der Waals surface area contributed by atoms with Gasteiger partial charge in [-0.3, -0.25) is 9.36 Å². The van der Waals surface area contributed by atoms with Crippen LogP contribution in [-0.2, 0) is 9.53 Å². The highest BCUT2D eigenvalue weighted by Crippen LogP contribution is 2.26. The molecule has 0 saturated heterocycles. The van der Waals surface area contributed by atoms with E-state index in [1.807, 2.05) is 24.3 Å². The maximum atomic E-state index is 11.7. The van der Waals surface area contributed by atoms with Crippen LogP contribution in [0.2, 0.25) is 0 Å². The van der Waals surface area contributed by atoms with E-state index in [2.05, 4.69) is 15.5 Å². The van der Waals surface area contributed by atoms with Crippen molar-refractivity contribution in [1.29, 1.82) is 0 Å².